The van der Waals surface area contributed by atoms with E-state index in [-0.39, 0.29) is 11.4 Å². The average Bonchev–Trinajstić information content (AvgIpc) is 3.46. The van der Waals surface area contributed by atoms with Gasteiger partial charge in [0.2, 0.25) is 11.4 Å². The van der Waals surface area contributed by atoms with E-state index in [2.05, 4.69) is 10.5 Å². The summed E-state index contributed by atoms with van der Waals surface area (Å²) in [6, 6.07) is 20.9. The summed E-state index contributed by atoms with van der Waals surface area (Å²) < 4.78 is 23.0. The molecule has 0 saturated carbocycles. The van der Waals surface area contributed by atoms with E-state index in [9.17, 15) is 10.2 Å². The Morgan fingerprint density at radius 2 is 0.941 bits per heavy atom. The molecule has 34 heavy (non-hydrogen) atoms. The molecule has 0 N–H and O–H groups in total. The predicted molar refractivity (Wildman–Crippen MR) is 112 cm³/mol. The SMILES string of the molecule is COc1ccc(-[n+]2noc([O-])c2-c2ccc(-c3c([O-])on[n+]3-c3ccc(OC)cc3)cc2)cc1. The fourth-order valence-corrected chi connectivity index (χ4v) is 3.56. The molecular weight excluding hydrogens is 440 g/mol. The van der Waals surface area contributed by atoms with E-state index in [1.54, 1.807) is 87.0 Å². The van der Waals surface area contributed by atoms with E-state index >= 15 is 0 Å². The molecule has 170 valence electrons. The van der Waals surface area contributed by atoms with Gasteiger partial charge in [-0.2, -0.15) is 0 Å². The molecule has 0 aliphatic rings. The van der Waals surface area contributed by atoms with Crippen molar-refractivity contribution in [3.05, 3.63) is 72.8 Å². The zero-order valence-electron chi connectivity index (χ0n) is 18.2. The average molecular weight is 458 g/mol. The second-order valence-corrected chi connectivity index (χ2v) is 7.22. The van der Waals surface area contributed by atoms with E-state index < -0.39 is 11.9 Å². The number of ether oxygens (including phenoxy) is 2. The molecule has 10 heteroatoms. The third-order valence-corrected chi connectivity index (χ3v) is 5.29. The van der Waals surface area contributed by atoms with Crippen LogP contribution in [0.2, 0.25) is 0 Å². The Kier molecular flexibility index (Phi) is 5.30. The maximum atomic E-state index is 12.4. The molecule has 5 rings (SSSR count). The van der Waals surface area contributed by atoms with Crippen LogP contribution in [0.15, 0.2) is 81.8 Å². The Bertz CT molecular complexity index is 1310. The topological polar surface area (TPSA) is 124 Å². The summed E-state index contributed by atoms with van der Waals surface area (Å²) in [4.78, 5) is 0. The quantitative estimate of drug-likeness (QED) is 0.352. The molecule has 0 radical (unpaired) electrons. The van der Waals surface area contributed by atoms with Gasteiger partial charge in [0, 0.05) is 24.3 Å². The first-order valence-corrected chi connectivity index (χ1v) is 10.2. The van der Waals surface area contributed by atoms with Crippen LogP contribution in [0.3, 0.4) is 0 Å². The summed E-state index contributed by atoms with van der Waals surface area (Å²) in [6.45, 7) is 0. The minimum Gasteiger partial charge on any atom is -0.539 e. The standard InChI is InChI=1S/C24H18N4O6/c1-31-19-11-7-17(8-12-19)27-21(23(29)33-25-27)15-3-5-16(6-4-15)22-24(30)34-26-28(22)18-9-13-20(32-2)14-10-18/h3-14H,1-2H3. The Morgan fingerprint density at radius 3 is 1.26 bits per heavy atom. The van der Waals surface area contributed by atoms with Gasteiger partial charge >= 0.3 is 0 Å². The monoisotopic (exact) mass is 458 g/mol. The van der Waals surface area contributed by atoms with Gasteiger partial charge in [0.15, 0.2) is 11.9 Å². The Balaban J connectivity index is 1.51. The van der Waals surface area contributed by atoms with Crippen LogP contribution in [0.25, 0.3) is 33.9 Å². The van der Waals surface area contributed by atoms with E-state index in [0.29, 0.717) is 34.0 Å². The van der Waals surface area contributed by atoms with Gasteiger partial charge in [-0.3, -0.25) is 0 Å². The highest BCUT2D eigenvalue weighted by Crippen LogP contribution is 2.29. The van der Waals surface area contributed by atoms with Crippen LogP contribution in [-0.4, -0.2) is 24.8 Å². The molecule has 0 amide bonds. The minimum absolute atomic E-state index is 0.243. The zero-order valence-corrected chi connectivity index (χ0v) is 18.2. The number of aromatic nitrogens is 4. The van der Waals surface area contributed by atoms with Crippen molar-refractivity contribution in [2.24, 2.45) is 0 Å². The summed E-state index contributed by atoms with van der Waals surface area (Å²) in [5, 5.41) is 32.6. The van der Waals surface area contributed by atoms with Gasteiger partial charge in [0.05, 0.1) is 35.9 Å². The fourth-order valence-electron chi connectivity index (χ4n) is 3.56. The molecular formula is C24H18N4O6. The largest absolute Gasteiger partial charge is 0.539 e. The Morgan fingerprint density at radius 1 is 0.588 bits per heavy atom. The molecule has 5 aromatic rings. The van der Waals surface area contributed by atoms with Crippen molar-refractivity contribution in [1.29, 1.82) is 0 Å². The van der Waals surface area contributed by atoms with Crippen LogP contribution in [0.5, 0.6) is 23.4 Å². The number of nitrogens with zero attached hydrogens (tertiary/aromatic N) is 4. The second-order valence-electron chi connectivity index (χ2n) is 7.22. The van der Waals surface area contributed by atoms with Gasteiger partial charge in [0.1, 0.15) is 11.5 Å². The molecule has 0 bridgehead atoms. The number of methoxy groups -OCH3 is 2. The first kappa shape index (κ1) is 21.0. The number of benzene rings is 3. The summed E-state index contributed by atoms with van der Waals surface area (Å²) in [5.74, 6) is 0.166. The maximum absolute atomic E-state index is 12.4. The number of hydrogen-bond donors (Lipinski definition) is 0. The molecule has 0 saturated heterocycles. The molecule has 3 aromatic carbocycles. The number of hydrogen-bond acceptors (Lipinski definition) is 8. The highest BCUT2D eigenvalue weighted by atomic mass is 16.6. The molecule has 0 aliphatic carbocycles. The van der Waals surface area contributed by atoms with Gasteiger partial charge in [-0.05, 0) is 57.9 Å². The molecule has 2 aromatic heterocycles. The lowest BCUT2D eigenvalue weighted by atomic mass is 10.1. The predicted octanol–water partition coefficient (Wildman–Crippen LogP) is 1.71. The first-order chi connectivity index (χ1) is 16.6. The maximum Gasteiger partial charge on any atom is 0.270 e. The highest BCUT2D eigenvalue weighted by Gasteiger charge is 2.25. The van der Waals surface area contributed by atoms with E-state index in [4.69, 9.17) is 18.5 Å². The molecule has 2 heterocycles. The van der Waals surface area contributed by atoms with Crippen molar-refractivity contribution < 1.29 is 38.1 Å². The normalized spacial score (nSPS) is 10.9. The summed E-state index contributed by atoms with van der Waals surface area (Å²) in [7, 11) is 3.14. The third-order valence-electron chi connectivity index (χ3n) is 5.29. The van der Waals surface area contributed by atoms with Crippen LogP contribution in [0, 0.1) is 0 Å². The van der Waals surface area contributed by atoms with Crippen molar-refractivity contribution in [1.82, 2.24) is 10.5 Å². The van der Waals surface area contributed by atoms with Gasteiger partial charge < -0.3 is 28.7 Å². The Hall–Kier alpha value is -4.86. The van der Waals surface area contributed by atoms with Crippen molar-refractivity contribution in [2.45, 2.75) is 0 Å². The van der Waals surface area contributed by atoms with Crippen LogP contribution >= 0.6 is 0 Å². The summed E-state index contributed by atoms with van der Waals surface area (Å²) in [6.07, 6.45) is 0. The van der Waals surface area contributed by atoms with Crippen molar-refractivity contribution in [3.63, 3.8) is 0 Å². The molecule has 0 aliphatic heterocycles. The zero-order chi connectivity index (χ0) is 23.7. The molecule has 10 nitrogen and oxygen atoms in total. The van der Waals surface area contributed by atoms with E-state index in [1.807, 2.05) is 0 Å². The Labute approximate surface area is 193 Å². The lowest BCUT2D eigenvalue weighted by Crippen LogP contribution is -2.35. The van der Waals surface area contributed by atoms with E-state index in [1.165, 1.54) is 9.36 Å². The van der Waals surface area contributed by atoms with Crippen LogP contribution < -0.4 is 29.1 Å². The second kappa shape index (κ2) is 8.58. The molecule has 0 atom stereocenters. The lowest BCUT2D eigenvalue weighted by molar-refractivity contribution is -0.660. The highest BCUT2D eigenvalue weighted by molar-refractivity contribution is 5.67. The third kappa shape index (κ3) is 3.66. The van der Waals surface area contributed by atoms with E-state index in [0.717, 1.165) is 0 Å². The van der Waals surface area contributed by atoms with Crippen LogP contribution in [0.4, 0.5) is 0 Å². The van der Waals surface area contributed by atoms with Gasteiger partial charge in [-0.15, -0.1) is 0 Å². The van der Waals surface area contributed by atoms with Crippen molar-refractivity contribution >= 4 is 0 Å². The van der Waals surface area contributed by atoms with Crippen molar-refractivity contribution in [2.75, 3.05) is 14.2 Å². The molecule has 0 spiro atoms. The lowest BCUT2D eigenvalue weighted by Gasteiger charge is -2.03. The fraction of sp³-hybridized carbons (Fsp3) is 0.0833. The molecule has 0 unspecified atom stereocenters. The van der Waals surface area contributed by atoms with Crippen LogP contribution in [0.1, 0.15) is 0 Å². The summed E-state index contributed by atoms with van der Waals surface area (Å²) in [5.41, 5.74) is 2.86. The van der Waals surface area contributed by atoms with Gasteiger partial charge in [-0.25, -0.2) is 0 Å². The smallest absolute Gasteiger partial charge is 0.270 e. The first-order valence-electron chi connectivity index (χ1n) is 10.2. The van der Waals surface area contributed by atoms with Crippen molar-refractivity contribution in [3.8, 4) is 57.3 Å². The van der Waals surface area contributed by atoms with Gasteiger partial charge in [-0.1, -0.05) is 0 Å². The van der Waals surface area contributed by atoms with Gasteiger partial charge in [0.25, 0.3) is 11.4 Å². The van der Waals surface area contributed by atoms with Crippen LogP contribution in [-0.2, 0) is 0 Å². The number of rotatable bonds is 6. The molecule has 0 fully saturated rings. The summed E-state index contributed by atoms with van der Waals surface area (Å²) >= 11 is 0. The minimum atomic E-state index is -0.591.